The Bertz CT molecular complexity index is 658. The molecule has 1 aliphatic carbocycles. The van der Waals surface area contributed by atoms with Crippen molar-refractivity contribution < 1.29 is 4.79 Å². The van der Waals surface area contributed by atoms with Crippen molar-refractivity contribution in [1.29, 1.82) is 0 Å². The van der Waals surface area contributed by atoms with Crippen molar-refractivity contribution in [3.63, 3.8) is 0 Å². The minimum atomic E-state index is 0. The lowest BCUT2D eigenvalue weighted by Gasteiger charge is -2.21. The lowest BCUT2D eigenvalue weighted by molar-refractivity contribution is -0.128. The van der Waals surface area contributed by atoms with Gasteiger partial charge in [-0.15, -0.1) is 24.0 Å². The van der Waals surface area contributed by atoms with Crippen LogP contribution in [0.3, 0.4) is 0 Å². The Morgan fingerprint density at radius 2 is 1.86 bits per heavy atom. The first kappa shape index (κ1) is 24.0. The van der Waals surface area contributed by atoms with Crippen molar-refractivity contribution in [3.05, 3.63) is 35.4 Å². The van der Waals surface area contributed by atoms with Crippen molar-refractivity contribution in [3.8, 4) is 0 Å². The molecule has 1 amide bonds. The van der Waals surface area contributed by atoms with Gasteiger partial charge in [0.15, 0.2) is 5.96 Å². The number of nitrogens with zero attached hydrogens (tertiary/aromatic N) is 2. The third kappa shape index (κ3) is 7.79. The fourth-order valence-corrected chi connectivity index (χ4v) is 4.43. The summed E-state index contributed by atoms with van der Waals surface area (Å²) < 4.78 is 0. The van der Waals surface area contributed by atoms with E-state index in [1.807, 2.05) is 11.9 Å². The Morgan fingerprint density at radius 1 is 1.10 bits per heavy atom. The number of hydrogen-bond acceptors (Lipinski definition) is 2. The fourth-order valence-electron chi connectivity index (χ4n) is 4.43. The van der Waals surface area contributed by atoms with Crippen LogP contribution >= 0.6 is 24.0 Å². The molecule has 0 bridgehead atoms. The van der Waals surface area contributed by atoms with Gasteiger partial charge in [0.25, 0.3) is 0 Å². The lowest BCUT2D eigenvalue weighted by atomic mass is 9.86. The molecule has 1 saturated heterocycles. The van der Waals surface area contributed by atoms with Crippen LogP contribution in [0.5, 0.6) is 0 Å². The van der Waals surface area contributed by atoms with Crippen LogP contribution in [0.25, 0.3) is 0 Å². The zero-order valence-corrected chi connectivity index (χ0v) is 20.1. The van der Waals surface area contributed by atoms with Crippen LogP contribution in [0.4, 0.5) is 0 Å². The second kappa shape index (κ2) is 13.1. The summed E-state index contributed by atoms with van der Waals surface area (Å²) in [7, 11) is 1.82. The molecular weight excluding hydrogens is 475 g/mol. The van der Waals surface area contributed by atoms with Crippen molar-refractivity contribution >= 4 is 35.8 Å². The number of rotatable bonds is 8. The lowest BCUT2D eigenvalue weighted by Crippen LogP contribution is -2.37. The zero-order chi connectivity index (χ0) is 19.6. The van der Waals surface area contributed by atoms with Crippen LogP contribution in [0, 0.1) is 5.92 Å². The predicted octanol–water partition coefficient (Wildman–Crippen LogP) is 4.45. The minimum absolute atomic E-state index is 0. The third-order valence-electron chi connectivity index (χ3n) is 6.13. The molecule has 0 spiro atoms. The Hall–Kier alpha value is -1.31. The molecule has 1 aromatic carbocycles. The van der Waals surface area contributed by atoms with E-state index in [4.69, 9.17) is 0 Å². The van der Waals surface area contributed by atoms with Gasteiger partial charge in [0, 0.05) is 39.6 Å². The second-order valence-electron chi connectivity index (χ2n) is 8.19. The molecule has 162 valence electrons. The summed E-state index contributed by atoms with van der Waals surface area (Å²) >= 11 is 0. The highest BCUT2D eigenvalue weighted by atomic mass is 127. The first-order valence-electron chi connectivity index (χ1n) is 11.1. The maximum atomic E-state index is 11.9. The van der Waals surface area contributed by atoms with E-state index in [9.17, 15) is 4.79 Å². The van der Waals surface area contributed by atoms with E-state index in [2.05, 4.69) is 39.9 Å². The smallest absolute Gasteiger partial charge is 0.222 e. The first-order valence-corrected chi connectivity index (χ1v) is 11.1. The minimum Gasteiger partial charge on any atom is -0.356 e. The molecule has 1 aromatic rings. The van der Waals surface area contributed by atoms with E-state index in [1.165, 1.54) is 56.1 Å². The van der Waals surface area contributed by atoms with E-state index < -0.39 is 0 Å². The van der Waals surface area contributed by atoms with Gasteiger partial charge < -0.3 is 15.5 Å². The van der Waals surface area contributed by atoms with Gasteiger partial charge in [0.1, 0.15) is 0 Å². The molecule has 0 atom stereocenters. The normalized spacial score (nSPS) is 17.9. The Morgan fingerprint density at radius 3 is 2.55 bits per heavy atom. The molecule has 3 rings (SSSR count). The number of likely N-dealkylation sites (tertiary alicyclic amines) is 1. The molecule has 1 aliphatic heterocycles. The molecular formula is C23H37IN4O. The number of hydrogen-bond donors (Lipinski definition) is 2. The van der Waals surface area contributed by atoms with Crippen LogP contribution in [0.2, 0.25) is 0 Å². The fraction of sp³-hybridized carbons (Fsp3) is 0.652. The predicted molar refractivity (Wildman–Crippen MR) is 131 cm³/mol. The van der Waals surface area contributed by atoms with Crippen molar-refractivity contribution in [2.75, 3.05) is 20.1 Å². The third-order valence-corrected chi connectivity index (χ3v) is 6.13. The van der Waals surface area contributed by atoms with Crippen LogP contribution in [-0.4, -0.2) is 36.9 Å². The van der Waals surface area contributed by atoms with Crippen molar-refractivity contribution in [1.82, 2.24) is 15.5 Å². The zero-order valence-electron chi connectivity index (χ0n) is 17.8. The van der Waals surface area contributed by atoms with Gasteiger partial charge in [-0.05, 0) is 36.3 Å². The van der Waals surface area contributed by atoms with Crippen LogP contribution in [0.1, 0.15) is 68.9 Å². The molecule has 1 heterocycles. The van der Waals surface area contributed by atoms with Gasteiger partial charge in [-0.1, -0.05) is 56.4 Å². The van der Waals surface area contributed by atoms with Gasteiger partial charge in [-0.3, -0.25) is 9.79 Å². The average Bonchev–Trinajstić information content (AvgIpc) is 3.14. The summed E-state index contributed by atoms with van der Waals surface area (Å²) in [6.07, 6.45) is 11.3. The van der Waals surface area contributed by atoms with Crippen molar-refractivity contribution in [2.45, 2.75) is 70.9 Å². The van der Waals surface area contributed by atoms with Crippen LogP contribution in [0.15, 0.2) is 29.3 Å². The van der Waals surface area contributed by atoms with Gasteiger partial charge in [-0.25, -0.2) is 0 Å². The van der Waals surface area contributed by atoms with Gasteiger partial charge in [-0.2, -0.15) is 0 Å². The molecule has 0 unspecified atom stereocenters. The topological polar surface area (TPSA) is 56.7 Å². The quantitative estimate of drug-likeness (QED) is 0.234. The largest absolute Gasteiger partial charge is 0.356 e. The summed E-state index contributed by atoms with van der Waals surface area (Å²) in [6, 6.07) is 8.38. The molecule has 2 aliphatic rings. The summed E-state index contributed by atoms with van der Waals surface area (Å²) in [4.78, 5) is 18.3. The standard InChI is InChI=1S/C23H36N4O.HI/c1-24-23(25-15-7-11-19-9-3-2-4-10-19)26-17-20-12-5-6-13-21(20)18-27-16-8-14-22(27)28;/h5-6,12-13,19H,2-4,7-11,14-18H2,1H3,(H2,24,25,26);1H. The maximum absolute atomic E-state index is 11.9. The number of carbonyl (C=O) groups is 1. The summed E-state index contributed by atoms with van der Waals surface area (Å²) in [5, 5.41) is 6.89. The molecule has 5 nitrogen and oxygen atoms in total. The number of amides is 1. The molecule has 0 radical (unpaired) electrons. The molecule has 2 fully saturated rings. The molecule has 0 aromatic heterocycles. The number of nitrogens with one attached hydrogen (secondary N) is 2. The number of carbonyl (C=O) groups excluding carboxylic acids is 1. The number of halogens is 1. The highest BCUT2D eigenvalue weighted by Crippen LogP contribution is 2.26. The highest BCUT2D eigenvalue weighted by molar-refractivity contribution is 14.0. The Labute approximate surface area is 193 Å². The SMILES string of the molecule is CN=C(NCCCC1CCCCC1)NCc1ccccc1CN1CCCC1=O.I. The summed E-state index contributed by atoms with van der Waals surface area (Å²) in [6.45, 7) is 3.29. The Balaban J connectivity index is 0.00000300. The van der Waals surface area contributed by atoms with Crippen molar-refractivity contribution in [2.24, 2.45) is 10.9 Å². The van der Waals surface area contributed by atoms with E-state index in [0.29, 0.717) is 13.0 Å². The van der Waals surface area contributed by atoms with E-state index in [0.717, 1.165) is 37.9 Å². The van der Waals surface area contributed by atoms with E-state index in [-0.39, 0.29) is 29.9 Å². The van der Waals surface area contributed by atoms with Crippen LogP contribution in [-0.2, 0) is 17.9 Å². The monoisotopic (exact) mass is 512 g/mol. The molecule has 2 N–H and O–H groups in total. The summed E-state index contributed by atoms with van der Waals surface area (Å²) in [5.41, 5.74) is 2.45. The molecule has 1 saturated carbocycles. The van der Waals surface area contributed by atoms with Gasteiger partial charge >= 0.3 is 0 Å². The maximum Gasteiger partial charge on any atom is 0.222 e. The molecule has 6 heteroatoms. The highest BCUT2D eigenvalue weighted by Gasteiger charge is 2.20. The number of aliphatic imine (C=N–C) groups is 1. The summed E-state index contributed by atoms with van der Waals surface area (Å²) in [5.74, 6) is 2.07. The number of benzene rings is 1. The second-order valence-corrected chi connectivity index (χ2v) is 8.19. The van der Waals surface area contributed by atoms with Crippen LogP contribution < -0.4 is 10.6 Å². The van der Waals surface area contributed by atoms with E-state index >= 15 is 0 Å². The average molecular weight is 512 g/mol. The Kier molecular flexibility index (Phi) is 10.8. The van der Waals surface area contributed by atoms with Gasteiger partial charge in [0.2, 0.25) is 5.91 Å². The number of guanidine groups is 1. The molecule has 29 heavy (non-hydrogen) atoms. The van der Waals surface area contributed by atoms with Gasteiger partial charge in [0.05, 0.1) is 0 Å². The van der Waals surface area contributed by atoms with E-state index in [1.54, 1.807) is 0 Å². The first-order chi connectivity index (χ1) is 13.8.